The van der Waals surface area contributed by atoms with Gasteiger partial charge in [-0.15, -0.1) is 11.3 Å². The monoisotopic (exact) mass is 332 g/mol. The van der Waals surface area contributed by atoms with Crippen molar-refractivity contribution in [3.8, 4) is 10.6 Å². The van der Waals surface area contributed by atoms with Crippen LogP contribution >= 0.6 is 11.3 Å². The average Bonchev–Trinajstić information content (AvgIpc) is 2.97. The fraction of sp³-hybridized carbons (Fsp3) is 0.412. The summed E-state index contributed by atoms with van der Waals surface area (Å²) in [6.07, 6.45) is 0. The van der Waals surface area contributed by atoms with Crippen LogP contribution in [0.3, 0.4) is 0 Å². The first kappa shape index (κ1) is 16.1. The Bertz CT molecular complexity index is 690. The van der Waals surface area contributed by atoms with E-state index in [1.807, 2.05) is 12.1 Å². The van der Waals surface area contributed by atoms with Gasteiger partial charge in [-0.1, -0.05) is 24.3 Å². The Morgan fingerprint density at radius 3 is 2.52 bits per heavy atom. The van der Waals surface area contributed by atoms with E-state index in [9.17, 15) is 4.79 Å². The van der Waals surface area contributed by atoms with E-state index in [1.54, 1.807) is 6.92 Å². The van der Waals surface area contributed by atoms with E-state index in [0.717, 1.165) is 36.9 Å². The number of carboxylic acid groups (broad SMARTS) is 1. The summed E-state index contributed by atoms with van der Waals surface area (Å²) in [5.74, 6) is -0.913. The Kier molecular flexibility index (Phi) is 4.75. The number of carbonyl (C=O) groups is 1. The minimum atomic E-state index is -0.913. The lowest BCUT2D eigenvalue weighted by atomic mass is 10.0. The third kappa shape index (κ3) is 3.44. The molecule has 0 spiro atoms. The Hall–Kier alpha value is -1.76. The molecule has 1 aliphatic rings. The highest BCUT2D eigenvalue weighted by molar-refractivity contribution is 7.17. The van der Waals surface area contributed by atoms with Crippen LogP contribution in [0, 0.1) is 6.92 Å². The molecule has 0 bridgehead atoms. The van der Waals surface area contributed by atoms with Crippen molar-refractivity contribution in [3.63, 3.8) is 0 Å². The number of benzene rings is 1. The topological polar surface area (TPSA) is 62.7 Å². The second kappa shape index (κ2) is 6.78. The van der Waals surface area contributed by atoms with Crippen molar-refractivity contribution in [1.82, 2.24) is 9.88 Å². The summed E-state index contributed by atoms with van der Waals surface area (Å²) >= 11 is 1.23. The Labute approximate surface area is 139 Å². The van der Waals surface area contributed by atoms with Crippen LogP contribution in [-0.4, -0.2) is 47.3 Å². The number of rotatable bonds is 4. The molecule has 122 valence electrons. The van der Waals surface area contributed by atoms with E-state index in [2.05, 4.69) is 28.9 Å². The zero-order valence-corrected chi connectivity index (χ0v) is 14.1. The highest BCUT2D eigenvalue weighted by Crippen LogP contribution is 2.30. The third-order valence-corrected chi connectivity index (χ3v) is 5.42. The molecule has 1 fully saturated rings. The van der Waals surface area contributed by atoms with Gasteiger partial charge in [0.15, 0.2) is 0 Å². The quantitative estimate of drug-likeness (QED) is 0.931. The molecule has 1 atom stereocenters. The van der Waals surface area contributed by atoms with Gasteiger partial charge in [-0.2, -0.15) is 0 Å². The molecule has 0 unspecified atom stereocenters. The lowest BCUT2D eigenvalue weighted by Crippen LogP contribution is -2.37. The van der Waals surface area contributed by atoms with Gasteiger partial charge in [0.05, 0.1) is 18.9 Å². The van der Waals surface area contributed by atoms with Gasteiger partial charge in [0.2, 0.25) is 0 Å². The number of aromatic nitrogens is 1. The van der Waals surface area contributed by atoms with E-state index in [-0.39, 0.29) is 0 Å². The predicted octanol–water partition coefficient (Wildman–Crippen LogP) is 3.21. The fourth-order valence-corrected chi connectivity index (χ4v) is 3.71. The molecule has 3 rings (SSSR count). The standard InChI is InChI=1S/C17H20N2O3S/c1-11-15(17(20)21)23-16(18-11)14-5-3-13(4-6-14)12(2)19-7-9-22-10-8-19/h3-6,12H,7-10H2,1-2H3,(H,20,21)/t12-/m1/s1. The first-order valence-corrected chi connectivity index (χ1v) is 8.51. The largest absolute Gasteiger partial charge is 0.477 e. The number of ether oxygens (including phenoxy) is 1. The van der Waals surface area contributed by atoms with Gasteiger partial charge in [-0.3, -0.25) is 4.90 Å². The molecule has 0 aliphatic carbocycles. The second-order valence-electron chi connectivity index (χ2n) is 5.69. The SMILES string of the molecule is Cc1nc(-c2ccc([C@@H](C)N3CCOCC3)cc2)sc1C(=O)O. The zero-order chi connectivity index (χ0) is 16.4. The van der Waals surface area contributed by atoms with Crippen LogP contribution in [0.15, 0.2) is 24.3 Å². The highest BCUT2D eigenvalue weighted by atomic mass is 32.1. The van der Waals surface area contributed by atoms with E-state index in [1.165, 1.54) is 16.9 Å². The maximum Gasteiger partial charge on any atom is 0.347 e. The van der Waals surface area contributed by atoms with Crippen LogP contribution in [0.2, 0.25) is 0 Å². The number of nitrogens with zero attached hydrogens (tertiary/aromatic N) is 2. The molecule has 5 nitrogen and oxygen atoms in total. The first-order valence-electron chi connectivity index (χ1n) is 7.69. The molecule has 0 amide bonds. The fourth-order valence-electron chi connectivity index (χ4n) is 2.80. The average molecular weight is 332 g/mol. The maximum atomic E-state index is 11.1. The Morgan fingerprint density at radius 2 is 1.96 bits per heavy atom. The molecule has 1 aromatic carbocycles. The van der Waals surface area contributed by atoms with Crippen molar-refractivity contribution in [3.05, 3.63) is 40.4 Å². The van der Waals surface area contributed by atoms with Crippen LogP contribution in [-0.2, 0) is 4.74 Å². The number of carboxylic acids is 1. The molecule has 6 heteroatoms. The summed E-state index contributed by atoms with van der Waals surface area (Å²) < 4.78 is 5.40. The smallest absolute Gasteiger partial charge is 0.347 e. The van der Waals surface area contributed by atoms with Crippen LogP contribution in [0.25, 0.3) is 10.6 Å². The molecule has 2 aromatic rings. The summed E-state index contributed by atoms with van der Waals surface area (Å²) in [7, 11) is 0. The Morgan fingerprint density at radius 1 is 1.30 bits per heavy atom. The van der Waals surface area contributed by atoms with Crippen molar-refractivity contribution >= 4 is 17.3 Å². The molecule has 1 saturated heterocycles. The maximum absolute atomic E-state index is 11.1. The van der Waals surface area contributed by atoms with Crippen molar-refractivity contribution in [1.29, 1.82) is 0 Å². The summed E-state index contributed by atoms with van der Waals surface area (Å²) in [6.45, 7) is 7.43. The van der Waals surface area contributed by atoms with Gasteiger partial charge in [-0.25, -0.2) is 9.78 Å². The van der Waals surface area contributed by atoms with Crippen LogP contribution in [0.5, 0.6) is 0 Å². The summed E-state index contributed by atoms with van der Waals surface area (Å²) in [5, 5.41) is 9.90. The van der Waals surface area contributed by atoms with Gasteiger partial charge in [0.25, 0.3) is 0 Å². The number of aromatic carboxylic acids is 1. The van der Waals surface area contributed by atoms with Gasteiger partial charge in [0.1, 0.15) is 9.88 Å². The first-order chi connectivity index (χ1) is 11.1. The molecule has 1 aromatic heterocycles. The van der Waals surface area contributed by atoms with E-state index in [4.69, 9.17) is 9.84 Å². The number of thiazole rings is 1. The Balaban J connectivity index is 1.79. The van der Waals surface area contributed by atoms with E-state index in [0.29, 0.717) is 16.6 Å². The molecular formula is C17H20N2O3S. The lowest BCUT2D eigenvalue weighted by molar-refractivity contribution is 0.0198. The van der Waals surface area contributed by atoms with Crippen molar-refractivity contribution in [2.75, 3.05) is 26.3 Å². The van der Waals surface area contributed by atoms with Crippen LogP contribution in [0.1, 0.15) is 33.9 Å². The van der Waals surface area contributed by atoms with Gasteiger partial charge in [0, 0.05) is 24.7 Å². The summed E-state index contributed by atoms with van der Waals surface area (Å²) in [5.41, 5.74) is 2.79. The molecule has 2 heterocycles. The molecule has 1 aliphatic heterocycles. The predicted molar refractivity (Wildman–Crippen MR) is 90.1 cm³/mol. The van der Waals surface area contributed by atoms with Gasteiger partial charge >= 0.3 is 5.97 Å². The van der Waals surface area contributed by atoms with Crippen LogP contribution in [0.4, 0.5) is 0 Å². The summed E-state index contributed by atoms with van der Waals surface area (Å²) in [6, 6.07) is 8.60. The zero-order valence-electron chi connectivity index (χ0n) is 13.3. The summed E-state index contributed by atoms with van der Waals surface area (Å²) in [4.78, 5) is 18.2. The minimum absolute atomic E-state index is 0.311. The number of hydrogen-bond acceptors (Lipinski definition) is 5. The highest BCUT2D eigenvalue weighted by Gasteiger charge is 2.19. The van der Waals surface area contributed by atoms with Crippen LogP contribution < -0.4 is 0 Å². The third-order valence-electron chi connectivity index (χ3n) is 4.22. The number of hydrogen-bond donors (Lipinski definition) is 1. The lowest BCUT2D eigenvalue weighted by Gasteiger charge is -2.32. The normalized spacial score (nSPS) is 17.1. The molecule has 1 N–H and O–H groups in total. The number of aryl methyl sites for hydroxylation is 1. The van der Waals surface area contributed by atoms with Crippen molar-refractivity contribution in [2.24, 2.45) is 0 Å². The molecule has 0 saturated carbocycles. The van der Waals surface area contributed by atoms with Crippen molar-refractivity contribution in [2.45, 2.75) is 19.9 Å². The minimum Gasteiger partial charge on any atom is -0.477 e. The molecule has 23 heavy (non-hydrogen) atoms. The van der Waals surface area contributed by atoms with E-state index >= 15 is 0 Å². The second-order valence-corrected chi connectivity index (χ2v) is 6.68. The molecule has 0 radical (unpaired) electrons. The van der Waals surface area contributed by atoms with E-state index < -0.39 is 5.97 Å². The molecular weight excluding hydrogens is 312 g/mol. The number of morpholine rings is 1. The van der Waals surface area contributed by atoms with Gasteiger partial charge < -0.3 is 9.84 Å². The van der Waals surface area contributed by atoms with Gasteiger partial charge in [-0.05, 0) is 19.4 Å². The van der Waals surface area contributed by atoms with Crippen molar-refractivity contribution < 1.29 is 14.6 Å².